The van der Waals surface area contributed by atoms with Gasteiger partial charge in [-0.15, -0.1) is 0 Å². The van der Waals surface area contributed by atoms with Gasteiger partial charge in [-0.05, 0) is 36.8 Å². The SMILES string of the molecule is Cc1ccc2nc(NC(=O)c3cc(N)nc(Cl)c3)sc2c1. The molecule has 0 saturated heterocycles. The van der Waals surface area contributed by atoms with Gasteiger partial charge in [-0.3, -0.25) is 10.1 Å². The number of amides is 1. The zero-order valence-electron chi connectivity index (χ0n) is 11.1. The number of nitrogens with two attached hydrogens (primary N) is 1. The number of nitrogens with one attached hydrogen (secondary N) is 1. The Kier molecular flexibility index (Phi) is 3.48. The van der Waals surface area contributed by atoms with Crippen LogP contribution < -0.4 is 11.1 Å². The first kappa shape index (κ1) is 13.8. The predicted octanol–water partition coefficient (Wildman–Crippen LogP) is 3.49. The Balaban J connectivity index is 1.88. The number of halogens is 1. The van der Waals surface area contributed by atoms with Crippen molar-refractivity contribution in [3.05, 3.63) is 46.6 Å². The summed E-state index contributed by atoms with van der Waals surface area (Å²) in [6.45, 7) is 2.01. The number of hydrogen-bond donors (Lipinski definition) is 2. The minimum atomic E-state index is -0.318. The van der Waals surface area contributed by atoms with Crippen molar-refractivity contribution in [1.82, 2.24) is 9.97 Å². The van der Waals surface area contributed by atoms with Crippen molar-refractivity contribution in [2.45, 2.75) is 6.92 Å². The number of hydrogen-bond acceptors (Lipinski definition) is 5. The van der Waals surface area contributed by atoms with Crippen LogP contribution >= 0.6 is 22.9 Å². The lowest BCUT2D eigenvalue weighted by Gasteiger charge is -2.02. The monoisotopic (exact) mass is 318 g/mol. The summed E-state index contributed by atoms with van der Waals surface area (Å²) in [5.74, 6) is -0.116. The average Bonchev–Trinajstić information content (AvgIpc) is 2.78. The van der Waals surface area contributed by atoms with Crippen molar-refractivity contribution in [3.63, 3.8) is 0 Å². The second-order valence-corrected chi connectivity index (χ2v) is 5.97. The van der Waals surface area contributed by atoms with Crippen LogP contribution in [0.25, 0.3) is 10.2 Å². The third-order valence-electron chi connectivity index (χ3n) is 2.84. The van der Waals surface area contributed by atoms with Gasteiger partial charge < -0.3 is 5.73 Å². The molecule has 0 aliphatic heterocycles. The average molecular weight is 319 g/mol. The van der Waals surface area contributed by atoms with E-state index < -0.39 is 0 Å². The van der Waals surface area contributed by atoms with E-state index in [0.29, 0.717) is 10.7 Å². The second kappa shape index (κ2) is 5.31. The first-order chi connectivity index (χ1) is 10.0. The van der Waals surface area contributed by atoms with Gasteiger partial charge in [0.05, 0.1) is 10.2 Å². The highest BCUT2D eigenvalue weighted by molar-refractivity contribution is 7.22. The zero-order chi connectivity index (χ0) is 15.0. The largest absolute Gasteiger partial charge is 0.384 e. The predicted molar refractivity (Wildman–Crippen MR) is 86.0 cm³/mol. The van der Waals surface area contributed by atoms with Gasteiger partial charge in [0.25, 0.3) is 5.91 Å². The number of rotatable bonds is 2. The molecular formula is C14H11ClN4OS. The van der Waals surface area contributed by atoms with E-state index in [1.54, 1.807) is 0 Å². The van der Waals surface area contributed by atoms with E-state index in [4.69, 9.17) is 17.3 Å². The highest BCUT2D eigenvalue weighted by Gasteiger charge is 2.11. The van der Waals surface area contributed by atoms with Gasteiger partial charge in [-0.25, -0.2) is 9.97 Å². The molecule has 2 aromatic heterocycles. The maximum atomic E-state index is 12.2. The molecule has 3 aromatic rings. The Morgan fingerprint density at radius 1 is 1.29 bits per heavy atom. The second-order valence-electron chi connectivity index (χ2n) is 4.55. The number of thiazole rings is 1. The van der Waals surface area contributed by atoms with E-state index in [9.17, 15) is 4.79 Å². The van der Waals surface area contributed by atoms with Gasteiger partial charge in [-0.1, -0.05) is 29.0 Å². The van der Waals surface area contributed by atoms with Crippen LogP contribution in [0.3, 0.4) is 0 Å². The number of anilines is 2. The Morgan fingerprint density at radius 2 is 2.10 bits per heavy atom. The Morgan fingerprint density at radius 3 is 2.86 bits per heavy atom. The van der Waals surface area contributed by atoms with E-state index in [1.807, 2.05) is 25.1 Å². The summed E-state index contributed by atoms with van der Waals surface area (Å²) < 4.78 is 1.03. The highest BCUT2D eigenvalue weighted by Crippen LogP contribution is 2.27. The molecule has 0 aliphatic carbocycles. The number of nitrogens with zero attached hydrogens (tertiary/aromatic N) is 2. The molecule has 2 heterocycles. The van der Waals surface area contributed by atoms with Crippen LogP contribution in [0.2, 0.25) is 5.15 Å². The number of benzene rings is 1. The summed E-state index contributed by atoms with van der Waals surface area (Å²) in [6.07, 6.45) is 0. The van der Waals surface area contributed by atoms with Crippen LogP contribution in [-0.4, -0.2) is 15.9 Å². The van der Waals surface area contributed by atoms with Crippen molar-refractivity contribution >= 4 is 50.0 Å². The molecule has 7 heteroatoms. The molecule has 0 fully saturated rings. The number of fused-ring (bicyclic) bond motifs is 1. The maximum Gasteiger partial charge on any atom is 0.257 e. The fourth-order valence-electron chi connectivity index (χ4n) is 1.90. The number of aryl methyl sites for hydroxylation is 1. The molecule has 0 atom stereocenters. The lowest BCUT2D eigenvalue weighted by molar-refractivity contribution is 0.102. The van der Waals surface area contributed by atoms with Crippen LogP contribution in [0.1, 0.15) is 15.9 Å². The Hall–Kier alpha value is -2.18. The minimum absolute atomic E-state index is 0.181. The lowest BCUT2D eigenvalue weighted by atomic mass is 10.2. The molecule has 3 N–H and O–H groups in total. The molecule has 21 heavy (non-hydrogen) atoms. The Labute approximate surface area is 129 Å². The smallest absolute Gasteiger partial charge is 0.257 e. The van der Waals surface area contributed by atoms with Gasteiger partial charge in [0.15, 0.2) is 5.13 Å². The molecule has 0 aliphatic rings. The highest BCUT2D eigenvalue weighted by atomic mass is 35.5. The van der Waals surface area contributed by atoms with Crippen LogP contribution in [0.5, 0.6) is 0 Å². The van der Waals surface area contributed by atoms with Gasteiger partial charge in [0, 0.05) is 5.56 Å². The van der Waals surface area contributed by atoms with Crippen molar-refractivity contribution < 1.29 is 4.79 Å². The molecule has 0 bridgehead atoms. The first-order valence-corrected chi connectivity index (χ1v) is 7.32. The summed E-state index contributed by atoms with van der Waals surface area (Å²) in [7, 11) is 0. The molecule has 0 saturated carbocycles. The van der Waals surface area contributed by atoms with Crippen molar-refractivity contribution in [2.75, 3.05) is 11.1 Å². The third kappa shape index (κ3) is 2.96. The molecular weight excluding hydrogens is 308 g/mol. The maximum absolute atomic E-state index is 12.2. The van der Waals surface area contributed by atoms with Crippen LogP contribution in [0, 0.1) is 6.92 Å². The fraction of sp³-hybridized carbons (Fsp3) is 0.0714. The summed E-state index contributed by atoms with van der Waals surface area (Å²) in [5.41, 5.74) is 7.94. The standard InChI is InChI=1S/C14H11ClN4OS/c1-7-2-3-9-10(4-7)21-14(17-9)19-13(20)8-5-11(15)18-12(16)6-8/h2-6H,1H3,(H2,16,18)(H,17,19,20). The molecule has 0 unspecified atom stereocenters. The number of nitrogen functional groups attached to an aromatic ring is 1. The molecule has 0 spiro atoms. The molecule has 106 valence electrons. The summed E-state index contributed by atoms with van der Waals surface area (Å²) in [4.78, 5) is 20.4. The van der Waals surface area contributed by atoms with Gasteiger partial charge in [0.2, 0.25) is 0 Å². The normalized spacial score (nSPS) is 10.8. The van der Waals surface area contributed by atoms with Gasteiger partial charge in [-0.2, -0.15) is 0 Å². The first-order valence-electron chi connectivity index (χ1n) is 6.13. The summed E-state index contributed by atoms with van der Waals surface area (Å²) in [5, 5.41) is 3.46. The molecule has 1 amide bonds. The van der Waals surface area contributed by atoms with Crippen molar-refractivity contribution in [2.24, 2.45) is 0 Å². The van der Waals surface area contributed by atoms with E-state index in [1.165, 1.54) is 23.5 Å². The fourth-order valence-corrected chi connectivity index (χ4v) is 3.08. The van der Waals surface area contributed by atoms with E-state index in [2.05, 4.69) is 15.3 Å². The van der Waals surface area contributed by atoms with Crippen molar-refractivity contribution in [1.29, 1.82) is 0 Å². The van der Waals surface area contributed by atoms with E-state index >= 15 is 0 Å². The molecule has 5 nitrogen and oxygen atoms in total. The number of carbonyl (C=O) groups is 1. The number of carbonyl (C=O) groups excluding carboxylic acids is 1. The summed E-state index contributed by atoms with van der Waals surface area (Å²) >= 11 is 7.21. The van der Waals surface area contributed by atoms with Crippen molar-refractivity contribution in [3.8, 4) is 0 Å². The molecule has 1 aromatic carbocycles. The van der Waals surface area contributed by atoms with E-state index in [-0.39, 0.29) is 16.9 Å². The molecule has 0 radical (unpaired) electrons. The summed E-state index contributed by atoms with van der Waals surface area (Å²) in [6, 6.07) is 8.88. The van der Waals surface area contributed by atoms with Crippen LogP contribution in [0.15, 0.2) is 30.3 Å². The van der Waals surface area contributed by atoms with Gasteiger partial charge >= 0.3 is 0 Å². The number of aromatic nitrogens is 2. The lowest BCUT2D eigenvalue weighted by Crippen LogP contribution is -2.12. The topological polar surface area (TPSA) is 80.9 Å². The zero-order valence-corrected chi connectivity index (χ0v) is 12.6. The Bertz CT molecular complexity index is 826. The van der Waals surface area contributed by atoms with E-state index in [0.717, 1.165) is 15.8 Å². The van der Waals surface area contributed by atoms with Crippen LogP contribution in [-0.2, 0) is 0 Å². The molecule has 3 rings (SSSR count). The third-order valence-corrected chi connectivity index (χ3v) is 3.97. The minimum Gasteiger partial charge on any atom is -0.384 e. The quantitative estimate of drug-likeness (QED) is 0.709. The van der Waals surface area contributed by atoms with Gasteiger partial charge in [0.1, 0.15) is 11.0 Å². The number of pyridine rings is 1. The van der Waals surface area contributed by atoms with Crippen LogP contribution in [0.4, 0.5) is 10.9 Å².